The third-order valence-corrected chi connectivity index (χ3v) is 7.13. The Bertz CT molecular complexity index is 1650. The van der Waals surface area contributed by atoms with Gasteiger partial charge in [0.05, 0.1) is 49.0 Å². The largest absolute Gasteiger partial charge is 0.497 e. The molecule has 0 aliphatic rings. The lowest BCUT2D eigenvalue weighted by Crippen LogP contribution is -2.17. The van der Waals surface area contributed by atoms with E-state index in [2.05, 4.69) is 25.3 Å². The Hall–Kier alpha value is -4.82. The molecule has 0 saturated heterocycles. The predicted molar refractivity (Wildman–Crippen MR) is 157 cm³/mol. The molecule has 1 amide bonds. The molecular formula is C28H31N5O8S. The molecule has 0 aliphatic carbocycles. The van der Waals surface area contributed by atoms with Crippen LogP contribution in [0.5, 0.6) is 17.2 Å². The maximum absolute atomic E-state index is 13.4. The van der Waals surface area contributed by atoms with Gasteiger partial charge in [-0.15, -0.1) is 0 Å². The summed E-state index contributed by atoms with van der Waals surface area (Å²) in [6, 6.07) is 15.8. The van der Waals surface area contributed by atoms with Crippen molar-refractivity contribution in [2.24, 2.45) is 0 Å². The Balaban J connectivity index is 1.72. The maximum Gasteiger partial charge on any atom is 0.411 e. The highest BCUT2D eigenvalue weighted by Crippen LogP contribution is 2.42. The van der Waals surface area contributed by atoms with E-state index in [1.165, 1.54) is 38.5 Å². The summed E-state index contributed by atoms with van der Waals surface area (Å²) in [5.41, 5.74) is 1.69. The van der Waals surface area contributed by atoms with Gasteiger partial charge in [-0.2, -0.15) is 0 Å². The molecule has 42 heavy (non-hydrogen) atoms. The number of carbonyl (C=O) groups excluding carboxylic acids is 1. The predicted octanol–water partition coefficient (Wildman–Crippen LogP) is 4.52. The number of nitrogens with one attached hydrogen (secondary N) is 3. The average molecular weight is 598 g/mol. The van der Waals surface area contributed by atoms with Gasteiger partial charge in [-0.05, 0) is 43.3 Å². The van der Waals surface area contributed by atoms with Gasteiger partial charge in [0, 0.05) is 30.8 Å². The van der Waals surface area contributed by atoms with Crippen LogP contribution in [0.1, 0.15) is 13.3 Å². The first kappa shape index (κ1) is 30.1. The van der Waals surface area contributed by atoms with Gasteiger partial charge in [0.25, 0.3) is 10.0 Å². The van der Waals surface area contributed by atoms with E-state index in [0.29, 0.717) is 46.1 Å². The minimum atomic E-state index is -4.15. The van der Waals surface area contributed by atoms with E-state index in [1.54, 1.807) is 43.3 Å². The minimum Gasteiger partial charge on any atom is -0.497 e. The normalized spacial score (nSPS) is 11.0. The number of hydrogen-bond donors (Lipinski definition) is 4. The summed E-state index contributed by atoms with van der Waals surface area (Å²) in [5, 5.41) is 14.8. The molecule has 14 heteroatoms. The number of nitrogens with zero attached hydrogens (tertiary/aromatic N) is 2. The monoisotopic (exact) mass is 597 g/mol. The van der Waals surface area contributed by atoms with Gasteiger partial charge in [-0.25, -0.2) is 23.2 Å². The van der Waals surface area contributed by atoms with Crippen LogP contribution >= 0.6 is 0 Å². The number of aromatic nitrogens is 2. The summed E-state index contributed by atoms with van der Waals surface area (Å²) in [5.74, 6) is 1.10. The van der Waals surface area contributed by atoms with Crippen LogP contribution in [0.3, 0.4) is 0 Å². The molecule has 0 aliphatic heterocycles. The molecule has 4 N–H and O–H groups in total. The molecule has 0 atom stereocenters. The van der Waals surface area contributed by atoms with E-state index >= 15 is 0 Å². The second-order valence-electron chi connectivity index (χ2n) is 8.64. The van der Waals surface area contributed by atoms with Crippen LogP contribution in [0.15, 0.2) is 65.6 Å². The minimum absolute atomic E-state index is 0.0663. The number of amides is 1. The number of hydrogen-bond acceptors (Lipinski definition) is 11. The number of ether oxygens (including phenoxy) is 4. The molecule has 222 valence electrons. The fourth-order valence-corrected chi connectivity index (χ4v) is 4.81. The summed E-state index contributed by atoms with van der Waals surface area (Å²) in [6.07, 6.45) is -0.272. The molecule has 1 heterocycles. The highest BCUT2D eigenvalue weighted by atomic mass is 32.2. The number of aliphatic hydroxyl groups excluding tert-OH is 1. The first-order chi connectivity index (χ1) is 20.3. The summed E-state index contributed by atoms with van der Waals surface area (Å²) in [4.78, 5) is 20.8. The molecule has 0 fully saturated rings. The molecule has 4 aromatic rings. The van der Waals surface area contributed by atoms with Crippen molar-refractivity contribution in [3.05, 3.63) is 60.7 Å². The van der Waals surface area contributed by atoms with Crippen LogP contribution in [0, 0.1) is 0 Å². The lowest BCUT2D eigenvalue weighted by Gasteiger charge is -2.19. The van der Waals surface area contributed by atoms with Crippen molar-refractivity contribution < 1.29 is 37.3 Å². The van der Waals surface area contributed by atoms with Gasteiger partial charge in [0.2, 0.25) is 0 Å². The zero-order valence-corrected chi connectivity index (χ0v) is 24.0. The van der Waals surface area contributed by atoms with Crippen molar-refractivity contribution in [3.63, 3.8) is 0 Å². The van der Waals surface area contributed by atoms with Gasteiger partial charge in [0.1, 0.15) is 5.75 Å². The van der Waals surface area contributed by atoms with E-state index in [9.17, 15) is 18.3 Å². The van der Waals surface area contributed by atoms with Crippen molar-refractivity contribution >= 4 is 50.2 Å². The SMILES string of the molecule is CCOC(=O)Nc1ccc(S(=O)(=O)Nc2nc3ccccc3nc2Nc2cc(OC)cc(OC)c2OCCCO)cc1. The number of carbonyl (C=O) groups is 1. The van der Waals surface area contributed by atoms with Crippen LogP contribution in [-0.2, 0) is 14.8 Å². The highest BCUT2D eigenvalue weighted by Gasteiger charge is 2.22. The lowest BCUT2D eigenvalue weighted by atomic mass is 10.2. The lowest BCUT2D eigenvalue weighted by molar-refractivity contribution is 0.168. The molecule has 0 radical (unpaired) electrons. The molecular weight excluding hydrogens is 566 g/mol. The van der Waals surface area contributed by atoms with E-state index in [0.717, 1.165) is 0 Å². The number of benzene rings is 3. The summed E-state index contributed by atoms with van der Waals surface area (Å²) < 4.78 is 51.0. The van der Waals surface area contributed by atoms with Crippen LogP contribution < -0.4 is 29.6 Å². The van der Waals surface area contributed by atoms with Crippen molar-refractivity contribution in [3.8, 4) is 17.2 Å². The van der Waals surface area contributed by atoms with Crippen molar-refractivity contribution in [2.75, 3.05) is 49.4 Å². The van der Waals surface area contributed by atoms with Crippen molar-refractivity contribution in [2.45, 2.75) is 18.2 Å². The Morgan fingerprint density at radius 2 is 1.64 bits per heavy atom. The van der Waals surface area contributed by atoms with Crippen molar-refractivity contribution in [1.82, 2.24) is 9.97 Å². The number of rotatable bonds is 13. The average Bonchev–Trinajstić information content (AvgIpc) is 2.98. The van der Waals surface area contributed by atoms with Gasteiger partial charge in [-0.3, -0.25) is 10.0 Å². The second kappa shape index (κ2) is 13.7. The van der Waals surface area contributed by atoms with E-state index in [4.69, 9.17) is 18.9 Å². The molecule has 13 nitrogen and oxygen atoms in total. The Labute approximate surface area is 242 Å². The van der Waals surface area contributed by atoms with Crippen LogP contribution in [0.25, 0.3) is 11.0 Å². The topological polar surface area (TPSA) is 170 Å². The fraction of sp³-hybridized carbons (Fsp3) is 0.250. The zero-order valence-electron chi connectivity index (χ0n) is 23.2. The third kappa shape index (κ3) is 7.27. The number of sulfonamides is 1. The standard InChI is InChI=1S/C28H31N5O8S/c1-4-40-28(35)29-18-10-12-20(13-11-18)42(36,37)33-27-26(30-21-8-5-6-9-22(21)31-27)32-23-16-19(38-2)17-24(39-3)25(23)41-15-7-14-34/h5-6,8-13,16-17,34H,4,7,14-15H2,1-3H3,(H,29,35)(H,30,32)(H,31,33). The molecule has 4 rings (SSSR count). The number of fused-ring (bicyclic) bond motifs is 1. The van der Waals surface area contributed by atoms with Gasteiger partial charge >= 0.3 is 6.09 Å². The maximum atomic E-state index is 13.4. The van der Waals surface area contributed by atoms with E-state index in [-0.39, 0.29) is 36.4 Å². The molecule has 0 spiro atoms. The Kier molecular flexibility index (Phi) is 9.83. The molecule has 1 aromatic heterocycles. The molecule has 3 aromatic carbocycles. The van der Waals surface area contributed by atoms with Crippen LogP contribution in [-0.4, -0.2) is 63.6 Å². The summed E-state index contributed by atoms with van der Waals surface area (Å²) in [7, 11) is -1.18. The first-order valence-corrected chi connectivity index (χ1v) is 14.4. The summed E-state index contributed by atoms with van der Waals surface area (Å²) >= 11 is 0. The number of para-hydroxylation sites is 2. The highest BCUT2D eigenvalue weighted by molar-refractivity contribution is 7.92. The first-order valence-electron chi connectivity index (χ1n) is 12.9. The number of anilines is 4. The number of aliphatic hydroxyl groups is 1. The molecule has 0 saturated carbocycles. The molecule has 0 bridgehead atoms. The zero-order chi connectivity index (χ0) is 30.1. The van der Waals surface area contributed by atoms with Crippen LogP contribution in [0.4, 0.5) is 27.8 Å². The van der Waals surface area contributed by atoms with E-state index in [1.807, 2.05) is 0 Å². The van der Waals surface area contributed by atoms with Gasteiger partial charge in [0.15, 0.2) is 23.1 Å². The van der Waals surface area contributed by atoms with E-state index < -0.39 is 16.1 Å². The second-order valence-corrected chi connectivity index (χ2v) is 10.3. The van der Waals surface area contributed by atoms with Crippen molar-refractivity contribution in [1.29, 1.82) is 0 Å². The van der Waals surface area contributed by atoms with Crippen LogP contribution in [0.2, 0.25) is 0 Å². The van der Waals surface area contributed by atoms with Gasteiger partial charge < -0.3 is 29.4 Å². The third-order valence-electron chi connectivity index (χ3n) is 5.77. The summed E-state index contributed by atoms with van der Waals surface area (Å²) in [6.45, 7) is 2.00. The quantitative estimate of drug-likeness (QED) is 0.160. The van der Waals surface area contributed by atoms with Gasteiger partial charge in [-0.1, -0.05) is 12.1 Å². The molecule has 0 unspecified atom stereocenters. The Morgan fingerprint density at radius 1 is 0.952 bits per heavy atom. The Morgan fingerprint density at radius 3 is 2.26 bits per heavy atom. The fourth-order valence-electron chi connectivity index (χ4n) is 3.80. The smallest absolute Gasteiger partial charge is 0.411 e. The number of methoxy groups -OCH3 is 2.